The topological polar surface area (TPSA) is 45.1 Å². The number of pyridine rings is 1. The lowest BCUT2D eigenvalue weighted by molar-refractivity contribution is -0.137. The summed E-state index contributed by atoms with van der Waals surface area (Å²) in [5.74, 6) is 0.295. The maximum absolute atomic E-state index is 12.3. The van der Waals surface area contributed by atoms with Gasteiger partial charge in [0, 0.05) is 6.20 Å². The van der Waals surface area contributed by atoms with Gasteiger partial charge in [0.1, 0.15) is 5.82 Å². The third kappa shape index (κ3) is 3.59. The Morgan fingerprint density at radius 2 is 1.88 bits per heavy atom. The Balaban J connectivity index is 2.83. The van der Waals surface area contributed by atoms with E-state index in [4.69, 9.17) is 0 Å². The van der Waals surface area contributed by atoms with Crippen molar-refractivity contribution in [3.63, 3.8) is 0 Å². The number of hydrogen-bond acceptors (Lipinski definition) is 3. The first kappa shape index (κ1) is 13.8. The highest BCUT2D eigenvalue weighted by Crippen LogP contribution is 2.29. The lowest BCUT2D eigenvalue weighted by Crippen LogP contribution is -2.42. The van der Waals surface area contributed by atoms with Crippen molar-refractivity contribution in [3.8, 4) is 0 Å². The summed E-state index contributed by atoms with van der Waals surface area (Å²) in [6, 6.07) is 2.19. The van der Waals surface area contributed by atoms with Crippen LogP contribution in [0, 0.1) is 0 Å². The van der Waals surface area contributed by atoms with Crippen molar-refractivity contribution >= 4 is 5.82 Å². The molecule has 1 aromatic rings. The molecule has 0 aliphatic heterocycles. The zero-order chi connectivity index (χ0) is 13.3. The lowest BCUT2D eigenvalue weighted by atomic mass is 9.99. The van der Waals surface area contributed by atoms with Crippen LogP contribution in [0.2, 0.25) is 0 Å². The Labute approximate surface area is 97.7 Å². The molecule has 0 bridgehead atoms. The maximum Gasteiger partial charge on any atom is 0.417 e. The summed E-state index contributed by atoms with van der Waals surface area (Å²) in [4.78, 5) is 3.67. The van der Waals surface area contributed by atoms with Crippen LogP contribution in [0.15, 0.2) is 18.3 Å². The van der Waals surface area contributed by atoms with Gasteiger partial charge in [0.15, 0.2) is 0 Å². The Bertz CT molecular complexity index is 371. The monoisotopic (exact) mass is 248 g/mol. The summed E-state index contributed by atoms with van der Waals surface area (Å²) in [7, 11) is 0. The third-order valence-electron chi connectivity index (χ3n) is 2.59. The predicted octanol–water partition coefficient (Wildman–Crippen LogP) is 2.67. The molecule has 0 aromatic carbocycles. The molecule has 1 atom stereocenters. The predicted molar refractivity (Wildman–Crippen MR) is 58.6 cm³/mol. The average Bonchev–Trinajstić information content (AvgIpc) is 2.16. The normalized spacial score (nSPS) is 14.5. The van der Waals surface area contributed by atoms with Crippen molar-refractivity contribution in [3.05, 3.63) is 23.9 Å². The van der Waals surface area contributed by atoms with E-state index in [2.05, 4.69) is 10.3 Å². The van der Waals surface area contributed by atoms with Crippen LogP contribution in [0.1, 0.15) is 26.3 Å². The quantitative estimate of drug-likeness (QED) is 0.864. The van der Waals surface area contributed by atoms with Crippen LogP contribution in [0.25, 0.3) is 0 Å². The number of halogens is 3. The molecule has 0 spiro atoms. The number of aliphatic hydroxyl groups is 1. The van der Waals surface area contributed by atoms with Gasteiger partial charge in [-0.05, 0) is 32.9 Å². The maximum atomic E-state index is 12.3. The molecule has 3 nitrogen and oxygen atoms in total. The minimum Gasteiger partial charge on any atom is -0.391 e. The van der Waals surface area contributed by atoms with Gasteiger partial charge in [-0.3, -0.25) is 0 Å². The average molecular weight is 248 g/mol. The van der Waals surface area contributed by atoms with Crippen LogP contribution >= 0.6 is 0 Å². The van der Waals surface area contributed by atoms with Crippen LogP contribution in [-0.4, -0.2) is 21.7 Å². The molecule has 6 heteroatoms. The molecule has 17 heavy (non-hydrogen) atoms. The van der Waals surface area contributed by atoms with Gasteiger partial charge in [0.25, 0.3) is 0 Å². The minimum atomic E-state index is -4.38. The first-order valence-electron chi connectivity index (χ1n) is 5.12. The molecule has 0 fully saturated rings. The second-order valence-corrected chi connectivity index (χ2v) is 4.45. The molecule has 0 radical (unpaired) electrons. The van der Waals surface area contributed by atoms with Gasteiger partial charge in [-0.2, -0.15) is 13.2 Å². The fourth-order valence-corrected chi connectivity index (χ4v) is 1.07. The molecule has 1 aromatic heterocycles. The highest BCUT2D eigenvalue weighted by Gasteiger charge is 2.31. The largest absolute Gasteiger partial charge is 0.417 e. The van der Waals surface area contributed by atoms with Crippen LogP contribution in [0.4, 0.5) is 19.0 Å². The first-order chi connectivity index (χ1) is 7.63. The summed E-state index contributed by atoms with van der Waals surface area (Å²) in [5, 5.41) is 12.3. The number of aromatic nitrogens is 1. The highest BCUT2D eigenvalue weighted by molar-refractivity contribution is 5.39. The minimum absolute atomic E-state index is 0.295. The van der Waals surface area contributed by atoms with Crippen molar-refractivity contribution in [2.75, 3.05) is 5.32 Å². The second kappa shape index (κ2) is 4.52. The van der Waals surface area contributed by atoms with Crippen molar-refractivity contribution in [1.82, 2.24) is 4.98 Å². The van der Waals surface area contributed by atoms with E-state index >= 15 is 0 Å². The van der Waals surface area contributed by atoms with E-state index < -0.39 is 23.4 Å². The van der Waals surface area contributed by atoms with Crippen molar-refractivity contribution < 1.29 is 18.3 Å². The molecule has 1 unspecified atom stereocenters. The zero-order valence-electron chi connectivity index (χ0n) is 9.84. The Kier molecular flexibility index (Phi) is 3.66. The van der Waals surface area contributed by atoms with Gasteiger partial charge in [-0.25, -0.2) is 4.98 Å². The Hall–Kier alpha value is -1.30. The van der Waals surface area contributed by atoms with Crippen molar-refractivity contribution in [2.24, 2.45) is 0 Å². The molecule has 96 valence electrons. The molecule has 0 aliphatic carbocycles. The Morgan fingerprint density at radius 3 is 2.24 bits per heavy atom. The molecule has 1 heterocycles. The summed E-state index contributed by atoms with van der Waals surface area (Å²) < 4.78 is 36.9. The van der Waals surface area contributed by atoms with E-state index in [0.29, 0.717) is 5.82 Å². The van der Waals surface area contributed by atoms with Crippen LogP contribution < -0.4 is 5.32 Å². The number of nitrogens with zero attached hydrogens (tertiary/aromatic N) is 1. The first-order valence-corrected chi connectivity index (χ1v) is 5.12. The fourth-order valence-electron chi connectivity index (χ4n) is 1.07. The van der Waals surface area contributed by atoms with Gasteiger partial charge in [0.05, 0.1) is 17.2 Å². The summed E-state index contributed by atoms with van der Waals surface area (Å²) >= 11 is 0. The second-order valence-electron chi connectivity index (χ2n) is 4.45. The summed E-state index contributed by atoms with van der Waals surface area (Å²) in [5.41, 5.74) is -1.45. The molecule has 0 saturated heterocycles. The van der Waals surface area contributed by atoms with Crippen LogP contribution in [-0.2, 0) is 6.18 Å². The molecular formula is C11H15F3N2O. The molecule has 0 aliphatic rings. The zero-order valence-corrected chi connectivity index (χ0v) is 9.84. The smallest absolute Gasteiger partial charge is 0.391 e. The molecule has 0 saturated carbocycles. The number of rotatable bonds is 3. The van der Waals surface area contributed by atoms with Gasteiger partial charge < -0.3 is 10.4 Å². The third-order valence-corrected chi connectivity index (χ3v) is 2.59. The molecular weight excluding hydrogens is 233 g/mol. The number of anilines is 1. The van der Waals surface area contributed by atoms with Gasteiger partial charge in [-0.1, -0.05) is 0 Å². The Morgan fingerprint density at radius 1 is 1.29 bits per heavy atom. The number of nitrogens with one attached hydrogen (secondary N) is 1. The van der Waals surface area contributed by atoms with Crippen molar-refractivity contribution in [1.29, 1.82) is 0 Å². The standard InChI is InChI=1S/C11H15F3N2O/c1-7(17)10(2,3)16-9-5-4-8(6-15-9)11(12,13)14/h4-7,17H,1-3H3,(H,15,16). The SMILES string of the molecule is CC(O)C(C)(C)Nc1ccc(C(F)(F)F)cn1. The van der Waals surface area contributed by atoms with Crippen LogP contribution in [0.5, 0.6) is 0 Å². The van der Waals surface area contributed by atoms with E-state index in [9.17, 15) is 18.3 Å². The van der Waals surface area contributed by atoms with E-state index in [1.807, 2.05) is 0 Å². The van der Waals surface area contributed by atoms with Gasteiger partial charge in [-0.15, -0.1) is 0 Å². The lowest BCUT2D eigenvalue weighted by Gasteiger charge is -2.29. The fraction of sp³-hybridized carbons (Fsp3) is 0.545. The number of alkyl halides is 3. The molecule has 1 rings (SSSR count). The van der Waals surface area contributed by atoms with E-state index in [1.54, 1.807) is 20.8 Å². The number of hydrogen-bond donors (Lipinski definition) is 2. The van der Waals surface area contributed by atoms with Gasteiger partial charge >= 0.3 is 6.18 Å². The summed E-state index contributed by atoms with van der Waals surface area (Å²) in [6.45, 7) is 5.06. The van der Waals surface area contributed by atoms with E-state index in [-0.39, 0.29) is 0 Å². The van der Waals surface area contributed by atoms with Crippen LogP contribution in [0.3, 0.4) is 0 Å². The highest BCUT2D eigenvalue weighted by atomic mass is 19.4. The van der Waals surface area contributed by atoms with E-state index in [1.165, 1.54) is 6.07 Å². The molecule has 0 amide bonds. The summed E-state index contributed by atoms with van der Waals surface area (Å²) in [6.07, 6.45) is -4.28. The number of aliphatic hydroxyl groups excluding tert-OH is 1. The van der Waals surface area contributed by atoms with E-state index in [0.717, 1.165) is 12.3 Å². The van der Waals surface area contributed by atoms with Crippen molar-refractivity contribution in [2.45, 2.75) is 38.6 Å². The van der Waals surface area contributed by atoms with Gasteiger partial charge in [0.2, 0.25) is 0 Å². The molecule has 2 N–H and O–H groups in total.